The molecule has 0 heterocycles. The topological polar surface area (TPSA) is 26.0 Å². The van der Waals surface area contributed by atoms with E-state index >= 15 is 0 Å². The third-order valence-electron chi connectivity index (χ3n) is 2.84. The zero-order chi connectivity index (χ0) is 11.3. The maximum atomic E-state index is 6.20. The molecule has 0 spiro atoms. The molecule has 15 heavy (non-hydrogen) atoms. The molecular weight excluding hydrogens is 182 g/mol. The molecule has 1 rings (SSSR count). The van der Waals surface area contributed by atoms with E-state index in [1.54, 1.807) is 0 Å². The van der Waals surface area contributed by atoms with Crippen LogP contribution in [0.5, 0.6) is 0 Å². The lowest BCUT2D eigenvalue weighted by molar-refractivity contribution is 0.611. The lowest BCUT2D eigenvalue weighted by atomic mass is 9.93. The standard InChI is InChI=1S/C14H21N/c1-4-5-6-10-13(15)14-11(2)8-7-9-12(14)3/h4,7-9,13H,1,5-6,10,15H2,2-3H3. The quantitative estimate of drug-likeness (QED) is 0.573. The van der Waals surface area contributed by atoms with E-state index in [-0.39, 0.29) is 6.04 Å². The minimum Gasteiger partial charge on any atom is -0.324 e. The SMILES string of the molecule is C=CCCCC(N)c1c(C)cccc1C. The van der Waals surface area contributed by atoms with Gasteiger partial charge in [-0.3, -0.25) is 0 Å². The predicted molar refractivity (Wildman–Crippen MR) is 66.9 cm³/mol. The van der Waals surface area contributed by atoms with Crippen molar-refractivity contribution in [2.75, 3.05) is 0 Å². The Morgan fingerprint density at radius 2 is 1.93 bits per heavy atom. The Hall–Kier alpha value is -1.08. The zero-order valence-electron chi connectivity index (χ0n) is 9.79. The third kappa shape index (κ3) is 3.21. The fourth-order valence-corrected chi connectivity index (χ4v) is 2.04. The summed E-state index contributed by atoms with van der Waals surface area (Å²) >= 11 is 0. The molecule has 1 atom stereocenters. The van der Waals surface area contributed by atoms with Gasteiger partial charge in [0.15, 0.2) is 0 Å². The van der Waals surface area contributed by atoms with Crippen LogP contribution in [0.15, 0.2) is 30.9 Å². The van der Waals surface area contributed by atoms with Crippen LogP contribution in [0.3, 0.4) is 0 Å². The van der Waals surface area contributed by atoms with E-state index in [4.69, 9.17) is 5.73 Å². The first-order valence-electron chi connectivity index (χ1n) is 5.59. The van der Waals surface area contributed by atoms with Crippen LogP contribution in [0.4, 0.5) is 0 Å². The molecular formula is C14H21N. The highest BCUT2D eigenvalue weighted by molar-refractivity contribution is 5.35. The van der Waals surface area contributed by atoms with Gasteiger partial charge in [0.1, 0.15) is 0 Å². The molecule has 0 bridgehead atoms. The molecule has 0 aromatic heterocycles. The number of unbranched alkanes of at least 4 members (excludes halogenated alkanes) is 1. The molecule has 0 saturated carbocycles. The average molecular weight is 203 g/mol. The first-order chi connectivity index (χ1) is 7.16. The second-order valence-electron chi connectivity index (χ2n) is 4.13. The fourth-order valence-electron chi connectivity index (χ4n) is 2.04. The van der Waals surface area contributed by atoms with Crippen molar-refractivity contribution in [3.63, 3.8) is 0 Å². The van der Waals surface area contributed by atoms with Gasteiger partial charge in [-0.2, -0.15) is 0 Å². The van der Waals surface area contributed by atoms with Crippen LogP contribution in [0.1, 0.15) is 42.0 Å². The Balaban J connectivity index is 2.72. The van der Waals surface area contributed by atoms with E-state index in [1.165, 1.54) is 16.7 Å². The van der Waals surface area contributed by atoms with Crippen LogP contribution < -0.4 is 5.73 Å². The molecule has 0 amide bonds. The van der Waals surface area contributed by atoms with E-state index in [1.807, 2.05) is 6.08 Å². The lowest BCUT2D eigenvalue weighted by Crippen LogP contribution is -2.13. The second-order valence-corrected chi connectivity index (χ2v) is 4.13. The van der Waals surface area contributed by atoms with Crippen molar-refractivity contribution in [3.8, 4) is 0 Å². The van der Waals surface area contributed by atoms with Crippen LogP contribution in [0.2, 0.25) is 0 Å². The highest BCUT2D eigenvalue weighted by Crippen LogP contribution is 2.23. The van der Waals surface area contributed by atoms with Gasteiger partial charge in [0.2, 0.25) is 0 Å². The maximum absolute atomic E-state index is 6.20. The van der Waals surface area contributed by atoms with Gasteiger partial charge in [-0.15, -0.1) is 6.58 Å². The highest BCUT2D eigenvalue weighted by atomic mass is 14.6. The third-order valence-corrected chi connectivity index (χ3v) is 2.84. The molecule has 1 aromatic rings. The monoisotopic (exact) mass is 203 g/mol. The summed E-state index contributed by atoms with van der Waals surface area (Å²) < 4.78 is 0. The molecule has 0 saturated heterocycles. The van der Waals surface area contributed by atoms with Crippen LogP contribution in [-0.2, 0) is 0 Å². The summed E-state index contributed by atoms with van der Waals surface area (Å²) in [4.78, 5) is 0. The van der Waals surface area contributed by atoms with Crippen LogP contribution in [0, 0.1) is 13.8 Å². The molecule has 0 aliphatic carbocycles. The number of rotatable bonds is 5. The van der Waals surface area contributed by atoms with Crippen LogP contribution in [-0.4, -0.2) is 0 Å². The van der Waals surface area contributed by atoms with E-state index in [9.17, 15) is 0 Å². The van der Waals surface area contributed by atoms with E-state index in [0.717, 1.165) is 19.3 Å². The van der Waals surface area contributed by atoms with Crippen LogP contribution >= 0.6 is 0 Å². The Labute approximate surface area is 93.0 Å². The van der Waals surface area contributed by atoms with Crippen molar-refractivity contribution in [1.29, 1.82) is 0 Å². The van der Waals surface area contributed by atoms with Gasteiger partial charge < -0.3 is 5.73 Å². The van der Waals surface area contributed by atoms with Gasteiger partial charge in [0, 0.05) is 6.04 Å². The zero-order valence-corrected chi connectivity index (χ0v) is 9.79. The molecule has 0 aliphatic heterocycles. The van der Waals surface area contributed by atoms with Crippen molar-refractivity contribution in [2.45, 2.75) is 39.2 Å². The molecule has 1 aromatic carbocycles. The van der Waals surface area contributed by atoms with Crippen molar-refractivity contribution in [1.82, 2.24) is 0 Å². The van der Waals surface area contributed by atoms with Crippen molar-refractivity contribution < 1.29 is 0 Å². The number of hydrogen-bond acceptors (Lipinski definition) is 1. The molecule has 2 N–H and O–H groups in total. The van der Waals surface area contributed by atoms with Gasteiger partial charge in [-0.1, -0.05) is 24.3 Å². The Kier molecular flexibility index (Phi) is 4.57. The first-order valence-corrected chi connectivity index (χ1v) is 5.59. The van der Waals surface area contributed by atoms with Crippen LogP contribution in [0.25, 0.3) is 0 Å². The maximum Gasteiger partial charge on any atom is 0.0300 e. The first kappa shape index (κ1) is 12.0. The van der Waals surface area contributed by atoms with E-state index in [0.29, 0.717) is 0 Å². The van der Waals surface area contributed by atoms with Crippen molar-refractivity contribution in [2.24, 2.45) is 5.73 Å². The van der Waals surface area contributed by atoms with Gasteiger partial charge in [0.05, 0.1) is 0 Å². The van der Waals surface area contributed by atoms with Crippen molar-refractivity contribution >= 4 is 0 Å². The number of benzene rings is 1. The Morgan fingerprint density at radius 3 is 2.47 bits per heavy atom. The summed E-state index contributed by atoms with van der Waals surface area (Å²) in [7, 11) is 0. The molecule has 0 radical (unpaired) electrons. The van der Waals surface area contributed by atoms with Gasteiger partial charge >= 0.3 is 0 Å². The highest BCUT2D eigenvalue weighted by Gasteiger charge is 2.10. The summed E-state index contributed by atoms with van der Waals surface area (Å²) in [5.41, 5.74) is 10.1. The minimum absolute atomic E-state index is 0.172. The second kappa shape index (κ2) is 5.72. The summed E-state index contributed by atoms with van der Waals surface area (Å²) in [6, 6.07) is 6.53. The molecule has 0 fully saturated rings. The minimum atomic E-state index is 0.172. The summed E-state index contributed by atoms with van der Waals surface area (Å²) in [5, 5.41) is 0. The fraction of sp³-hybridized carbons (Fsp3) is 0.429. The normalized spacial score (nSPS) is 12.5. The smallest absolute Gasteiger partial charge is 0.0300 e. The number of aryl methyl sites for hydroxylation is 2. The largest absolute Gasteiger partial charge is 0.324 e. The summed E-state index contributed by atoms with van der Waals surface area (Å²) in [6.07, 6.45) is 5.17. The molecule has 0 aliphatic rings. The predicted octanol–water partition coefficient (Wildman–Crippen LogP) is 3.66. The van der Waals surface area contributed by atoms with Gasteiger partial charge in [-0.05, 0) is 49.8 Å². The van der Waals surface area contributed by atoms with Crippen molar-refractivity contribution in [3.05, 3.63) is 47.5 Å². The molecule has 1 heteroatoms. The summed E-state index contributed by atoms with van der Waals surface area (Å²) in [5.74, 6) is 0. The average Bonchev–Trinajstić information content (AvgIpc) is 2.18. The molecule has 1 nitrogen and oxygen atoms in total. The van der Waals surface area contributed by atoms with Gasteiger partial charge in [-0.25, -0.2) is 0 Å². The van der Waals surface area contributed by atoms with Gasteiger partial charge in [0.25, 0.3) is 0 Å². The van der Waals surface area contributed by atoms with E-state index < -0.39 is 0 Å². The summed E-state index contributed by atoms with van der Waals surface area (Å²) in [6.45, 7) is 7.99. The number of nitrogens with two attached hydrogens (primary N) is 1. The Bertz CT molecular complexity index is 308. The lowest BCUT2D eigenvalue weighted by Gasteiger charge is -2.17. The van der Waals surface area contributed by atoms with E-state index in [2.05, 4.69) is 38.6 Å². The Morgan fingerprint density at radius 1 is 1.33 bits per heavy atom. The molecule has 1 unspecified atom stereocenters. The number of allylic oxidation sites excluding steroid dienone is 1. The number of hydrogen-bond donors (Lipinski definition) is 1. The molecule has 82 valence electrons.